The Hall–Kier alpha value is -1.26. The lowest BCUT2D eigenvalue weighted by atomic mass is 9.97. The van der Waals surface area contributed by atoms with Crippen LogP contribution in [0.5, 0.6) is 0 Å². The Morgan fingerprint density at radius 3 is 2.19 bits per heavy atom. The van der Waals surface area contributed by atoms with Crippen molar-refractivity contribution >= 4 is 40.7 Å². The Balaban J connectivity index is 2.14. The SMILES string of the molecule is CC1CCCC(C)N1C(=O)C(=O)Nc1c(Cl)cccc1Cl. The number of carbonyl (C=O) groups excluding carboxylic acids is 2. The molecule has 1 aliphatic rings. The van der Waals surface area contributed by atoms with E-state index < -0.39 is 11.8 Å². The second-order valence-electron chi connectivity index (χ2n) is 5.39. The van der Waals surface area contributed by atoms with Crippen molar-refractivity contribution in [3.8, 4) is 0 Å². The molecule has 1 saturated heterocycles. The molecule has 1 N–H and O–H groups in total. The molecule has 0 aromatic heterocycles. The molecule has 1 aromatic carbocycles. The number of carbonyl (C=O) groups is 2. The van der Waals surface area contributed by atoms with Gasteiger partial charge in [0.1, 0.15) is 0 Å². The number of para-hydroxylation sites is 1. The molecular weight excluding hydrogens is 311 g/mol. The first kappa shape index (κ1) is 16.1. The van der Waals surface area contributed by atoms with Gasteiger partial charge in [-0.25, -0.2) is 0 Å². The van der Waals surface area contributed by atoms with Crippen molar-refractivity contribution in [1.29, 1.82) is 0 Å². The van der Waals surface area contributed by atoms with Crippen LogP contribution in [0, 0.1) is 0 Å². The minimum atomic E-state index is -0.703. The van der Waals surface area contributed by atoms with Crippen LogP contribution in [0.3, 0.4) is 0 Å². The molecule has 1 aliphatic heterocycles. The third-order valence-corrected chi connectivity index (χ3v) is 4.45. The molecule has 2 amide bonds. The number of anilines is 1. The topological polar surface area (TPSA) is 49.4 Å². The molecule has 21 heavy (non-hydrogen) atoms. The second-order valence-corrected chi connectivity index (χ2v) is 6.21. The lowest BCUT2D eigenvalue weighted by Crippen LogP contribution is -2.51. The second kappa shape index (κ2) is 6.67. The first-order valence-electron chi connectivity index (χ1n) is 6.99. The summed E-state index contributed by atoms with van der Waals surface area (Å²) in [6.45, 7) is 3.92. The molecule has 1 heterocycles. The third-order valence-electron chi connectivity index (χ3n) is 3.82. The minimum absolute atomic E-state index is 0.0636. The normalized spacial score (nSPS) is 22.0. The molecule has 2 rings (SSSR count). The number of benzene rings is 1. The van der Waals surface area contributed by atoms with E-state index in [-0.39, 0.29) is 17.8 Å². The molecule has 0 spiro atoms. The molecule has 6 heteroatoms. The highest BCUT2D eigenvalue weighted by molar-refractivity contribution is 6.44. The highest BCUT2D eigenvalue weighted by Crippen LogP contribution is 2.30. The standard InChI is InChI=1S/C15H18Cl2N2O2/c1-9-5-3-6-10(2)19(9)15(21)14(20)18-13-11(16)7-4-8-12(13)17/h4,7-10H,3,5-6H2,1-2H3,(H,18,20). The molecule has 1 aromatic rings. The number of halogens is 2. The Kier molecular flexibility index (Phi) is 5.12. The fraction of sp³-hybridized carbons (Fsp3) is 0.467. The van der Waals surface area contributed by atoms with Crippen LogP contribution in [0.4, 0.5) is 5.69 Å². The zero-order chi connectivity index (χ0) is 15.6. The summed E-state index contributed by atoms with van der Waals surface area (Å²) in [6, 6.07) is 5.03. The Bertz CT molecular complexity index is 532. The molecular formula is C15H18Cl2N2O2. The summed E-state index contributed by atoms with van der Waals surface area (Å²) in [5.41, 5.74) is 0.275. The number of amides is 2. The van der Waals surface area contributed by atoms with E-state index in [1.807, 2.05) is 13.8 Å². The van der Waals surface area contributed by atoms with Gasteiger partial charge in [-0.1, -0.05) is 29.3 Å². The Morgan fingerprint density at radius 2 is 1.67 bits per heavy atom. The van der Waals surface area contributed by atoms with Crippen molar-refractivity contribution < 1.29 is 9.59 Å². The fourth-order valence-electron chi connectivity index (χ4n) is 2.72. The van der Waals surface area contributed by atoms with Crippen molar-refractivity contribution in [3.63, 3.8) is 0 Å². The number of hydrogen-bond acceptors (Lipinski definition) is 2. The average Bonchev–Trinajstić information content (AvgIpc) is 2.42. The summed E-state index contributed by atoms with van der Waals surface area (Å²) in [7, 11) is 0. The number of piperidine rings is 1. The van der Waals surface area contributed by atoms with Gasteiger partial charge in [-0.3, -0.25) is 9.59 Å². The van der Waals surface area contributed by atoms with Crippen LogP contribution in [0.15, 0.2) is 18.2 Å². The zero-order valence-corrected chi connectivity index (χ0v) is 13.5. The molecule has 2 unspecified atom stereocenters. The number of nitrogens with one attached hydrogen (secondary N) is 1. The van der Waals surface area contributed by atoms with Gasteiger partial charge in [0.15, 0.2) is 0 Å². The van der Waals surface area contributed by atoms with E-state index in [0.29, 0.717) is 10.0 Å². The van der Waals surface area contributed by atoms with Crippen LogP contribution in [0.2, 0.25) is 10.0 Å². The summed E-state index contributed by atoms with van der Waals surface area (Å²) in [5, 5.41) is 3.14. The molecule has 0 saturated carbocycles. The Labute approximate surface area is 134 Å². The van der Waals surface area contributed by atoms with Crippen LogP contribution in [-0.2, 0) is 9.59 Å². The lowest BCUT2D eigenvalue weighted by molar-refractivity contribution is -0.147. The molecule has 1 fully saturated rings. The Morgan fingerprint density at radius 1 is 1.14 bits per heavy atom. The van der Waals surface area contributed by atoms with E-state index in [4.69, 9.17) is 23.2 Å². The molecule has 114 valence electrons. The van der Waals surface area contributed by atoms with Crippen LogP contribution in [-0.4, -0.2) is 28.8 Å². The van der Waals surface area contributed by atoms with Gasteiger partial charge in [-0.05, 0) is 45.2 Å². The predicted octanol–water partition coefficient (Wildman–Crippen LogP) is 3.72. The van der Waals surface area contributed by atoms with Crippen molar-refractivity contribution in [1.82, 2.24) is 4.90 Å². The highest BCUT2D eigenvalue weighted by Gasteiger charge is 2.33. The average molecular weight is 329 g/mol. The highest BCUT2D eigenvalue weighted by atomic mass is 35.5. The number of hydrogen-bond donors (Lipinski definition) is 1. The zero-order valence-electron chi connectivity index (χ0n) is 12.0. The van der Waals surface area contributed by atoms with E-state index in [2.05, 4.69) is 5.32 Å². The molecule has 0 aliphatic carbocycles. The number of nitrogens with zero attached hydrogens (tertiary/aromatic N) is 1. The largest absolute Gasteiger partial charge is 0.329 e. The fourth-order valence-corrected chi connectivity index (χ4v) is 3.22. The maximum Gasteiger partial charge on any atom is 0.314 e. The van der Waals surface area contributed by atoms with E-state index in [0.717, 1.165) is 19.3 Å². The quantitative estimate of drug-likeness (QED) is 0.798. The molecule has 4 nitrogen and oxygen atoms in total. The molecule has 0 radical (unpaired) electrons. The monoisotopic (exact) mass is 328 g/mol. The van der Waals surface area contributed by atoms with E-state index in [9.17, 15) is 9.59 Å². The van der Waals surface area contributed by atoms with Gasteiger partial charge in [0, 0.05) is 12.1 Å². The van der Waals surface area contributed by atoms with Crippen molar-refractivity contribution in [2.75, 3.05) is 5.32 Å². The number of likely N-dealkylation sites (tertiary alicyclic amines) is 1. The van der Waals surface area contributed by atoms with Crippen LogP contribution < -0.4 is 5.32 Å². The van der Waals surface area contributed by atoms with Gasteiger partial charge in [0.2, 0.25) is 0 Å². The van der Waals surface area contributed by atoms with E-state index >= 15 is 0 Å². The first-order valence-corrected chi connectivity index (χ1v) is 7.75. The van der Waals surface area contributed by atoms with E-state index in [1.165, 1.54) is 0 Å². The van der Waals surface area contributed by atoms with Gasteiger partial charge < -0.3 is 10.2 Å². The third kappa shape index (κ3) is 3.50. The molecule has 0 bridgehead atoms. The maximum absolute atomic E-state index is 12.4. The molecule has 2 atom stereocenters. The van der Waals surface area contributed by atoms with Gasteiger partial charge in [-0.2, -0.15) is 0 Å². The van der Waals surface area contributed by atoms with E-state index in [1.54, 1.807) is 23.1 Å². The lowest BCUT2D eigenvalue weighted by Gasteiger charge is -2.38. The minimum Gasteiger partial charge on any atom is -0.329 e. The van der Waals surface area contributed by atoms with Gasteiger partial charge in [0.05, 0.1) is 15.7 Å². The first-order chi connectivity index (χ1) is 9.91. The van der Waals surface area contributed by atoms with Crippen molar-refractivity contribution in [3.05, 3.63) is 28.2 Å². The van der Waals surface area contributed by atoms with Crippen LogP contribution in [0.25, 0.3) is 0 Å². The summed E-state index contributed by atoms with van der Waals surface area (Å²) in [6.07, 6.45) is 2.90. The van der Waals surface area contributed by atoms with Crippen molar-refractivity contribution in [2.45, 2.75) is 45.2 Å². The van der Waals surface area contributed by atoms with Gasteiger partial charge >= 0.3 is 11.8 Å². The summed E-state index contributed by atoms with van der Waals surface area (Å²) in [5.74, 6) is -1.24. The summed E-state index contributed by atoms with van der Waals surface area (Å²) < 4.78 is 0. The maximum atomic E-state index is 12.4. The number of rotatable bonds is 1. The predicted molar refractivity (Wildman–Crippen MR) is 84.7 cm³/mol. The smallest absolute Gasteiger partial charge is 0.314 e. The van der Waals surface area contributed by atoms with Crippen LogP contribution >= 0.6 is 23.2 Å². The summed E-state index contributed by atoms with van der Waals surface area (Å²) in [4.78, 5) is 26.2. The van der Waals surface area contributed by atoms with Gasteiger partial charge in [0.25, 0.3) is 0 Å². The van der Waals surface area contributed by atoms with Crippen LogP contribution in [0.1, 0.15) is 33.1 Å². The van der Waals surface area contributed by atoms with Crippen molar-refractivity contribution in [2.24, 2.45) is 0 Å². The summed E-state index contributed by atoms with van der Waals surface area (Å²) >= 11 is 12.0. The van der Waals surface area contributed by atoms with Gasteiger partial charge in [-0.15, -0.1) is 0 Å².